The predicted octanol–water partition coefficient (Wildman–Crippen LogP) is 5.79. The summed E-state index contributed by atoms with van der Waals surface area (Å²) in [6, 6.07) is 7.66. The summed E-state index contributed by atoms with van der Waals surface area (Å²) in [5.41, 5.74) is 1.93. The molecule has 1 heterocycles. The average molecular weight is 348 g/mol. The lowest BCUT2D eigenvalue weighted by Crippen LogP contribution is -1.97. The summed E-state index contributed by atoms with van der Waals surface area (Å²) >= 11 is 23.5. The molecule has 0 spiro atoms. The predicted molar refractivity (Wildman–Crippen MR) is 83.4 cm³/mol. The SMILES string of the molecule is Fc1cc(Cl)c(-n2c(=S)[nH]c3ccc(Cl)cc32)c(Cl)c1. The second kappa shape index (κ2) is 5.04. The van der Waals surface area contributed by atoms with Gasteiger partial charge in [0.1, 0.15) is 5.82 Å². The molecule has 2 nitrogen and oxygen atoms in total. The zero-order valence-electron chi connectivity index (χ0n) is 9.75. The summed E-state index contributed by atoms with van der Waals surface area (Å²) < 4.78 is 15.3. The molecule has 20 heavy (non-hydrogen) atoms. The standard InChI is InChI=1S/C13H6Cl3FN2S/c14-6-1-2-10-11(3-6)19(13(20)18-10)12-8(15)4-7(17)5-9(12)16/h1-5H,(H,18,20). The van der Waals surface area contributed by atoms with E-state index < -0.39 is 5.82 Å². The molecule has 1 N–H and O–H groups in total. The summed E-state index contributed by atoms with van der Waals surface area (Å²) in [6.45, 7) is 0. The molecule has 1 aromatic heterocycles. The topological polar surface area (TPSA) is 20.7 Å². The highest BCUT2D eigenvalue weighted by Crippen LogP contribution is 2.33. The van der Waals surface area contributed by atoms with Gasteiger partial charge in [-0.15, -0.1) is 0 Å². The molecule has 0 amide bonds. The molecule has 102 valence electrons. The molecule has 0 fully saturated rings. The lowest BCUT2D eigenvalue weighted by Gasteiger charge is -2.09. The highest BCUT2D eigenvalue weighted by Gasteiger charge is 2.15. The van der Waals surface area contributed by atoms with Crippen LogP contribution in [-0.2, 0) is 0 Å². The van der Waals surface area contributed by atoms with Crippen LogP contribution in [0.1, 0.15) is 0 Å². The summed E-state index contributed by atoms with van der Waals surface area (Å²) in [4.78, 5) is 3.03. The van der Waals surface area contributed by atoms with Gasteiger partial charge >= 0.3 is 0 Å². The van der Waals surface area contributed by atoms with Crippen LogP contribution in [0.2, 0.25) is 15.1 Å². The van der Waals surface area contributed by atoms with Gasteiger partial charge in [-0.05, 0) is 42.5 Å². The van der Waals surface area contributed by atoms with E-state index in [1.54, 1.807) is 22.8 Å². The Morgan fingerprint density at radius 1 is 1.05 bits per heavy atom. The fourth-order valence-electron chi connectivity index (χ4n) is 2.05. The number of benzene rings is 2. The van der Waals surface area contributed by atoms with Crippen LogP contribution in [0.15, 0.2) is 30.3 Å². The minimum Gasteiger partial charge on any atom is -0.330 e. The van der Waals surface area contributed by atoms with Gasteiger partial charge in [-0.1, -0.05) is 34.8 Å². The summed E-state index contributed by atoms with van der Waals surface area (Å²) in [5.74, 6) is -0.506. The summed E-state index contributed by atoms with van der Waals surface area (Å²) in [6.07, 6.45) is 0. The summed E-state index contributed by atoms with van der Waals surface area (Å²) in [5, 5.41) is 0.897. The number of halogens is 4. The van der Waals surface area contributed by atoms with Crippen molar-refractivity contribution in [2.24, 2.45) is 0 Å². The highest BCUT2D eigenvalue weighted by molar-refractivity contribution is 7.71. The number of hydrogen-bond acceptors (Lipinski definition) is 1. The average Bonchev–Trinajstić information content (AvgIpc) is 2.65. The molecule has 0 radical (unpaired) electrons. The van der Waals surface area contributed by atoms with Gasteiger partial charge in [0.2, 0.25) is 0 Å². The van der Waals surface area contributed by atoms with Crippen molar-refractivity contribution in [3.8, 4) is 5.69 Å². The van der Waals surface area contributed by atoms with Crippen LogP contribution < -0.4 is 0 Å². The molecule has 0 aliphatic rings. The fraction of sp³-hybridized carbons (Fsp3) is 0. The monoisotopic (exact) mass is 346 g/mol. The molecule has 0 saturated heterocycles. The van der Waals surface area contributed by atoms with Gasteiger partial charge in [0.25, 0.3) is 0 Å². The third kappa shape index (κ3) is 2.23. The van der Waals surface area contributed by atoms with Crippen molar-refractivity contribution < 1.29 is 4.39 Å². The number of imidazole rings is 1. The van der Waals surface area contributed by atoms with Gasteiger partial charge in [0.05, 0.1) is 26.8 Å². The van der Waals surface area contributed by atoms with Gasteiger partial charge in [0.15, 0.2) is 4.77 Å². The second-order valence-corrected chi connectivity index (χ2v) is 5.78. The van der Waals surface area contributed by atoms with E-state index in [4.69, 9.17) is 47.0 Å². The number of rotatable bonds is 1. The molecular formula is C13H6Cl3FN2S. The lowest BCUT2D eigenvalue weighted by atomic mass is 10.2. The Morgan fingerprint density at radius 2 is 1.70 bits per heavy atom. The van der Waals surface area contributed by atoms with Crippen LogP contribution >= 0.6 is 47.0 Å². The first-order chi connectivity index (χ1) is 9.47. The normalized spacial score (nSPS) is 11.2. The Bertz CT molecular complexity index is 862. The van der Waals surface area contributed by atoms with Crippen molar-refractivity contribution in [1.29, 1.82) is 0 Å². The van der Waals surface area contributed by atoms with Gasteiger partial charge in [-0.25, -0.2) is 4.39 Å². The van der Waals surface area contributed by atoms with Crippen LogP contribution in [0.25, 0.3) is 16.7 Å². The Balaban J connectivity index is 2.44. The fourth-order valence-corrected chi connectivity index (χ4v) is 3.14. The van der Waals surface area contributed by atoms with Crippen LogP contribution in [0.5, 0.6) is 0 Å². The molecule has 0 unspecified atom stereocenters. The molecule has 0 bridgehead atoms. The first-order valence-electron chi connectivity index (χ1n) is 5.52. The van der Waals surface area contributed by atoms with E-state index >= 15 is 0 Å². The lowest BCUT2D eigenvalue weighted by molar-refractivity contribution is 0.627. The summed E-state index contributed by atoms with van der Waals surface area (Å²) in [7, 11) is 0. The zero-order valence-corrected chi connectivity index (χ0v) is 12.8. The van der Waals surface area contributed by atoms with E-state index in [-0.39, 0.29) is 10.0 Å². The van der Waals surface area contributed by atoms with Gasteiger partial charge < -0.3 is 4.98 Å². The van der Waals surface area contributed by atoms with Crippen LogP contribution in [0.4, 0.5) is 4.39 Å². The molecule has 3 aromatic rings. The van der Waals surface area contributed by atoms with Crippen molar-refractivity contribution in [3.63, 3.8) is 0 Å². The molecule has 3 rings (SSSR count). The highest BCUT2D eigenvalue weighted by atomic mass is 35.5. The molecule has 0 aliphatic carbocycles. The van der Waals surface area contributed by atoms with E-state index in [0.717, 1.165) is 11.0 Å². The molecule has 7 heteroatoms. The van der Waals surface area contributed by atoms with Crippen LogP contribution in [-0.4, -0.2) is 9.55 Å². The maximum atomic E-state index is 13.3. The van der Waals surface area contributed by atoms with E-state index in [1.807, 2.05) is 0 Å². The number of fused-ring (bicyclic) bond motifs is 1. The molecule has 2 aromatic carbocycles. The Hall–Kier alpha value is -1.07. The van der Waals surface area contributed by atoms with E-state index in [1.165, 1.54) is 12.1 Å². The molecule has 0 atom stereocenters. The Morgan fingerprint density at radius 3 is 2.35 bits per heavy atom. The maximum absolute atomic E-state index is 13.3. The Labute approximate surface area is 133 Å². The van der Waals surface area contributed by atoms with Gasteiger partial charge in [-0.2, -0.15) is 0 Å². The zero-order chi connectivity index (χ0) is 14.4. The van der Waals surface area contributed by atoms with Crippen molar-refractivity contribution in [1.82, 2.24) is 9.55 Å². The van der Waals surface area contributed by atoms with Crippen LogP contribution in [0.3, 0.4) is 0 Å². The molecular weight excluding hydrogens is 342 g/mol. The van der Waals surface area contributed by atoms with Crippen LogP contribution in [0, 0.1) is 10.6 Å². The number of nitrogens with zero attached hydrogens (tertiary/aromatic N) is 1. The van der Waals surface area contributed by atoms with Crippen molar-refractivity contribution in [2.75, 3.05) is 0 Å². The minimum absolute atomic E-state index is 0.173. The number of aromatic nitrogens is 2. The van der Waals surface area contributed by atoms with Gasteiger partial charge in [-0.3, -0.25) is 4.57 Å². The van der Waals surface area contributed by atoms with Crippen molar-refractivity contribution >= 4 is 58.1 Å². The third-order valence-corrected chi connectivity index (χ3v) is 3.95. The first kappa shape index (κ1) is 13.9. The van der Waals surface area contributed by atoms with Crippen molar-refractivity contribution in [3.05, 3.63) is 56.0 Å². The van der Waals surface area contributed by atoms with Crippen molar-refractivity contribution in [2.45, 2.75) is 0 Å². The van der Waals surface area contributed by atoms with E-state index in [9.17, 15) is 4.39 Å². The van der Waals surface area contributed by atoms with Gasteiger partial charge in [0, 0.05) is 5.02 Å². The molecule has 0 aliphatic heterocycles. The smallest absolute Gasteiger partial charge is 0.182 e. The largest absolute Gasteiger partial charge is 0.330 e. The number of hydrogen-bond donors (Lipinski definition) is 1. The van der Waals surface area contributed by atoms with E-state index in [2.05, 4.69) is 4.98 Å². The quantitative estimate of drug-likeness (QED) is 0.553. The first-order valence-corrected chi connectivity index (χ1v) is 7.07. The number of H-pyrrole nitrogens is 1. The van der Waals surface area contributed by atoms with E-state index in [0.29, 0.717) is 15.5 Å². The maximum Gasteiger partial charge on any atom is 0.182 e. The minimum atomic E-state index is -0.506. The molecule has 0 saturated carbocycles. The number of nitrogens with one attached hydrogen (secondary N) is 1. The number of aromatic amines is 1. The second-order valence-electron chi connectivity index (χ2n) is 4.15. The third-order valence-electron chi connectivity index (χ3n) is 2.85. The Kier molecular flexibility index (Phi) is 3.50.